The summed E-state index contributed by atoms with van der Waals surface area (Å²) in [7, 11) is 5.07. The van der Waals surface area contributed by atoms with E-state index in [0.717, 1.165) is 55.5 Å². The number of nitrogens with zero attached hydrogens (tertiary/aromatic N) is 4. The highest BCUT2D eigenvalue weighted by Crippen LogP contribution is 2.27. The van der Waals surface area contributed by atoms with Crippen molar-refractivity contribution in [1.29, 1.82) is 0 Å². The number of aryl methyl sites for hydroxylation is 2. The maximum atomic E-state index is 13.6. The molecule has 1 aliphatic heterocycles. The number of rotatable bonds is 5. The van der Waals surface area contributed by atoms with Crippen molar-refractivity contribution >= 4 is 5.69 Å². The molecule has 0 unspecified atom stereocenters. The van der Waals surface area contributed by atoms with Gasteiger partial charge >= 0.3 is 0 Å². The Morgan fingerprint density at radius 2 is 1.84 bits per heavy atom. The second-order valence-electron chi connectivity index (χ2n) is 6.28. The Kier molecular flexibility index (Phi) is 5.13. The van der Waals surface area contributed by atoms with Crippen LogP contribution in [0.1, 0.15) is 11.3 Å². The molecule has 1 aromatic heterocycles. The number of hydrogen-bond donors (Lipinski definition) is 0. The van der Waals surface area contributed by atoms with Crippen LogP contribution in [0.25, 0.3) is 0 Å². The van der Waals surface area contributed by atoms with Crippen molar-refractivity contribution in [1.82, 2.24) is 14.7 Å². The molecule has 1 fully saturated rings. The van der Waals surface area contributed by atoms with Crippen LogP contribution in [0.5, 0.6) is 11.6 Å². The van der Waals surface area contributed by atoms with Gasteiger partial charge in [-0.25, -0.2) is 9.07 Å². The third-order valence-electron chi connectivity index (χ3n) is 4.74. The number of benzene rings is 1. The van der Waals surface area contributed by atoms with Crippen molar-refractivity contribution in [2.75, 3.05) is 45.3 Å². The summed E-state index contributed by atoms with van der Waals surface area (Å²) in [6.07, 6.45) is 0. The first-order valence-corrected chi connectivity index (χ1v) is 8.40. The lowest BCUT2D eigenvalue weighted by Crippen LogP contribution is -2.46. The van der Waals surface area contributed by atoms with Gasteiger partial charge in [0, 0.05) is 51.5 Å². The molecular weight excluding hydrogens is 323 g/mol. The molecule has 0 amide bonds. The van der Waals surface area contributed by atoms with E-state index in [1.54, 1.807) is 17.9 Å². The third kappa shape index (κ3) is 3.56. The van der Waals surface area contributed by atoms with Gasteiger partial charge in [0.25, 0.3) is 0 Å². The van der Waals surface area contributed by atoms with Gasteiger partial charge in [-0.05, 0) is 19.1 Å². The minimum Gasteiger partial charge on any atom is -0.494 e. The number of hydrogen-bond acceptors (Lipinski definition) is 5. The fourth-order valence-corrected chi connectivity index (χ4v) is 3.35. The zero-order valence-electron chi connectivity index (χ0n) is 15.3. The van der Waals surface area contributed by atoms with Crippen molar-refractivity contribution in [2.45, 2.75) is 13.5 Å². The Balaban J connectivity index is 1.64. The molecular formula is C18H25FN4O2. The first-order valence-electron chi connectivity index (χ1n) is 8.40. The molecule has 0 N–H and O–H groups in total. The highest BCUT2D eigenvalue weighted by molar-refractivity contribution is 5.51. The number of aromatic nitrogens is 2. The van der Waals surface area contributed by atoms with Crippen LogP contribution in [-0.4, -0.2) is 55.1 Å². The Hall–Kier alpha value is -2.28. The van der Waals surface area contributed by atoms with Crippen LogP contribution in [-0.2, 0) is 13.6 Å². The van der Waals surface area contributed by atoms with Gasteiger partial charge in [0.2, 0.25) is 5.88 Å². The second kappa shape index (κ2) is 7.31. The van der Waals surface area contributed by atoms with Gasteiger partial charge in [-0.3, -0.25) is 4.90 Å². The summed E-state index contributed by atoms with van der Waals surface area (Å²) in [5, 5.41) is 4.44. The van der Waals surface area contributed by atoms with Crippen LogP contribution in [0.2, 0.25) is 0 Å². The summed E-state index contributed by atoms with van der Waals surface area (Å²) in [6.45, 7) is 6.46. The molecule has 0 spiro atoms. The maximum absolute atomic E-state index is 13.6. The highest BCUT2D eigenvalue weighted by Gasteiger charge is 2.22. The highest BCUT2D eigenvalue weighted by atomic mass is 19.1. The largest absolute Gasteiger partial charge is 0.494 e. The lowest BCUT2D eigenvalue weighted by Gasteiger charge is -2.36. The zero-order valence-corrected chi connectivity index (χ0v) is 15.3. The molecule has 25 heavy (non-hydrogen) atoms. The summed E-state index contributed by atoms with van der Waals surface area (Å²) in [4.78, 5) is 4.65. The Bertz CT molecular complexity index is 739. The maximum Gasteiger partial charge on any atom is 0.216 e. The number of halogens is 1. The predicted molar refractivity (Wildman–Crippen MR) is 94.9 cm³/mol. The number of piperazine rings is 1. The molecule has 2 aromatic rings. The van der Waals surface area contributed by atoms with E-state index in [2.05, 4.69) is 14.9 Å². The monoisotopic (exact) mass is 348 g/mol. The molecule has 1 aromatic carbocycles. The average Bonchev–Trinajstić information content (AvgIpc) is 2.89. The van der Waals surface area contributed by atoms with E-state index in [4.69, 9.17) is 9.47 Å². The van der Waals surface area contributed by atoms with Gasteiger partial charge in [0.1, 0.15) is 0 Å². The van der Waals surface area contributed by atoms with Crippen LogP contribution < -0.4 is 14.4 Å². The zero-order chi connectivity index (χ0) is 18.0. The second-order valence-corrected chi connectivity index (χ2v) is 6.28. The molecule has 6 nitrogen and oxygen atoms in total. The smallest absolute Gasteiger partial charge is 0.216 e. The molecule has 0 bridgehead atoms. The lowest BCUT2D eigenvalue weighted by molar-refractivity contribution is 0.244. The van der Waals surface area contributed by atoms with Crippen molar-refractivity contribution in [3.63, 3.8) is 0 Å². The average molecular weight is 348 g/mol. The molecule has 0 atom stereocenters. The Morgan fingerprint density at radius 1 is 1.12 bits per heavy atom. The van der Waals surface area contributed by atoms with Crippen LogP contribution >= 0.6 is 0 Å². The summed E-state index contributed by atoms with van der Waals surface area (Å²) in [5.74, 6) is 0.780. The van der Waals surface area contributed by atoms with Crippen LogP contribution in [0, 0.1) is 12.7 Å². The molecule has 0 saturated carbocycles. The topological polar surface area (TPSA) is 42.8 Å². The standard InChI is InChI=1S/C18H25FN4O2/c1-13-15(18(25-4)21(2)20-13)12-22-7-9-23(10-8-22)14-5-6-16(19)17(11-14)24-3/h5-6,11H,7-10,12H2,1-4H3. The van der Waals surface area contributed by atoms with E-state index in [9.17, 15) is 4.39 Å². The van der Waals surface area contributed by atoms with E-state index in [1.807, 2.05) is 20.0 Å². The minimum absolute atomic E-state index is 0.288. The molecule has 2 heterocycles. The van der Waals surface area contributed by atoms with E-state index in [-0.39, 0.29) is 11.6 Å². The summed E-state index contributed by atoms with van der Waals surface area (Å²) in [5.41, 5.74) is 3.14. The molecule has 1 aliphatic rings. The van der Waals surface area contributed by atoms with Crippen molar-refractivity contribution in [3.05, 3.63) is 35.3 Å². The van der Waals surface area contributed by atoms with Gasteiger partial charge in [0.15, 0.2) is 11.6 Å². The van der Waals surface area contributed by atoms with E-state index < -0.39 is 0 Å². The predicted octanol–water partition coefficient (Wildman–Crippen LogP) is 2.21. The van der Waals surface area contributed by atoms with Gasteiger partial charge in [-0.15, -0.1) is 0 Å². The van der Waals surface area contributed by atoms with Crippen molar-refractivity contribution < 1.29 is 13.9 Å². The van der Waals surface area contributed by atoms with Crippen molar-refractivity contribution in [3.8, 4) is 11.6 Å². The molecule has 0 aliphatic carbocycles. The van der Waals surface area contributed by atoms with Crippen molar-refractivity contribution in [2.24, 2.45) is 7.05 Å². The fraction of sp³-hybridized carbons (Fsp3) is 0.500. The summed E-state index contributed by atoms with van der Waals surface area (Å²) >= 11 is 0. The van der Waals surface area contributed by atoms with E-state index >= 15 is 0 Å². The van der Waals surface area contributed by atoms with Crippen LogP contribution in [0.4, 0.5) is 10.1 Å². The molecule has 7 heteroatoms. The molecule has 3 rings (SSSR count). The van der Waals surface area contributed by atoms with Crippen LogP contribution in [0.3, 0.4) is 0 Å². The van der Waals surface area contributed by atoms with E-state index in [0.29, 0.717) is 0 Å². The summed E-state index contributed by atoms with van der Waals surface area (Å²) in [6, 6.07) is 5.03. The van der Waals surface area contributed by atoms with Crippen LogP contribution in [0.15, 0.2) is 18.2 Å². The quantitative estimate of drug-likeness (QED) is 0.829. The molecule has 0 radical (unpaired) electrons. The fourth-order valence-electron chi connectivity index (χ4n) is 3.35. The molecule has 136 valence electrons. The van der Waals surface area contributed by atoms with Gasteiger partial charge < -0.3 is 14.4 Å². The lowest BCUT2D eigenvalue weighted by atomic mass is 10.2. The SMILES string of the molecule is COc1cc(N2CCN(Cc3c(C)nn(C)c3OC)CC2)ccc1F. The number of anilines is 1. The third-order valence-corrected chi connectivity index (χ3v) is 4.74. The minimum atomic E-state index is -0.330. The van der Waals surface area contributed by atoms with E-state index in [1.165, 1.54) is 13.2 Å². The first-order chi connectivity index (χ1) is 12.0. The van der Waals surface area contributed by atoms with Gasteiger partial charge in [-0.2, -0.15) is 5.10 Å². The Morgan fingerprint density at radius 3 is 2.48 bits per heavy atom. The summed E-state index contributed by atoms with van der Waals surface area (Å²) < 4.78 is 25.9. The Labute approximate surface area is 147 Å². The van der Waals surface area contributed by atoms with Gasteiger partial charge in [-0.1, -0.05) is 0 Å². The first kappa shape index (κ1) is 17.5. The molecule has 1 saturated heterocycles. The normalized spacial score (nSPS) is 15.5. The number of methoxy groups -OCH3 is 2. The van der Waals surface area contributed by atoms with Gasteiger partial charge in [0.05, 0.1) is 25.5 Å². The number of ether oxygens (including phenoxy) is 2.